The third-order valence-corrected chi connectivity index (χ3v) is 9.35. The maximum absolute atomic E-state index is 13.7. The predicted molar refractivity (Wildman–Crippen MR) is 157 cm³/mol. The number of rotatable bonds is 8. The molecule has 40 heavy (non-hydrogen) atoms. The van der Waals surface area contributed by atoms with E-state index in [-0.39, 0.29) is 30.2 Å². The summed E-state index contributed by atoms with van der Waals surface area (Å²) in [6, 6.07) is 10.8. The molecule has 2 heterocycles. The van der Waals surface area contributed by atoms with Gasteiger partial charge in [-0.2, -0.15) is 0 Å². The summed E-state index contributed by atoms with van der Waals surface area (Å²) in [6.07, 6.45) is 8.76. The number of hydrogen-bond acceptors (Lipinski definition) is 6. The van der Waals surface area contributed by atoms with E-state index in [4.69, 9.17) is 0 Å². The van der Waals surface area contributed by atoms with Crippen molar-refractivity contribution >= 4 is 39.4 Å². The van der Waals surface area contributed by atoms with Crippen molar-refractivity contribution in [2.24, 2.45) is 17.8 Å². The number of likely N-dealkylation sites (tertiary alicyclic amines) is 1. The number of aliphatic hydroxyl groups is 2. The maximum Gasteiger partial charge on any atom is 0.234 e. The fraction of sp³-hybridized carbons (Fsp3) is 0.469. The van der Waals surface area contributed by atoms with Crippen LogP contribution in [-0.2, 0) is 9.59 Å². The average Bonchev–Trinajstić information content (AvgIpc) is 3.21. The number of fused-ring (bicyclic) bond motifs is 1. The number of carbonyl (C=O) groups is 2. The second-order valence-electron chi connectivity index (χ2n) is 11.3. The number of aromatic hydroxyl groups is 1. The van der Waals surface area contributed by atoms with E-state index in [9.17, 15) is 24.9 Å². The zero-order valence-corrected chi connectivity index (χ0v) is 24.4. The summed E-state index contributed by atoms with van der Waals surface area (Å²) in [6.45, 7) is 1.62. The third kappa shape index (κ3) is 5.67. The first-order valence-electron chi connectivity index (χ1n) is 14.3. The highest BCUT2D eigenvalue weighted by Crippen LogP contribution is 2.47. The van der Waals surface area contributed by atoms with Crippen molar-refractivity contribution in [1.29, 1.82) is 0 Å². The summed E-state index contributed by atoms with van der Waals surface area (Å²) in [4.78, 5) is 33.1. The van der Waals surface area contributed by atoms with E-state index in [0.717, 1.165) is 53.4 Å². The zero-order valence-electron chi connectivity index (χ0n) is 22.8. The molecule has 1 saturated carbocycles. The Morgan fingerprint density at radius 1 is 1.15 bits per heavy atom. The molecule has 7 nitrogen and oxygen atoms in total. The Labute approximate surface area is 243 Å². The number of phenols is 1. The Balaban J connectivity index is 1.39. The van der Waals surface area contributed by atoms with Crippen molar-refractivity contribution in [3.05, 3.63) is 69.5 Å². The summed E-state index contributed by atoms with van der Waals surface area (Å²) < 4.78 is 0.832. The minimum absolute atomic E-state index is 0.0483. The lowest BCUT2D eigenvalue weighted by Gasteiger charge is -2.35. The van der Waals surface area contributed by atoms with Crippen LogP contribution in [0.5, 0.6) is 5.75 Å². The Bertz CT molecular complexity index is 1320. The summed E-state index contributed by atoms with van der Waals surface area (Å²) in [5.41, 5.74) is 3.78. The number of nitrogens with zero attached hydrogens (tertiary/aromatic N) is 2. The number of aliphatic hydroxyl groups excluding tert-OH is 2. The second kappa shape index (κ2) is 12.4. The molecule has 1 aromatic heterocycles. The standard InChI is InChI=1S/C32H37BrN2O5/c1-19-15-24-30(32(40)35(31(24)39)23-7-3-2-4-8-23)25(18-36)29(19)28(38)12-10-20(26-9-5-6-14-34-26)16-21-17-22(33)11-13-27(21)37/h5-6,9,11,13-14,16-17,23-25,28,30,36-38H,2-4,7-8,10,12,15,18H2,1H3/b20-16-/t24-,25+,28-,30-/m1/s1. The number of phenolic OH excluding ortho intramolecular Hbond substituents is 1. The summed E-state index contributed by atoms with van der Waals surface area (Å²) >= 11 is 3.46. The van der Waals surface area contributed by atoms with Crippen LogP contribution < -0.4 is 0 Å². The maximum atomic E-state index is 13.7. The van der Waals surface area contributed by atoms with Crippen molar-refractivity contribution in [2.75, 3.05) is 6.61 Å². The van der Waals surface area contributed by atoms with Crippen LogP contribution in [0.25, 0.3) is 11.6 Å². The number of allylic oxidation sites excluding steroid dienone is 2. The molecule has 2 aromatic rings. The van der Waals surface area contributed by atoms with Gasteiger partial charge in [0.05, 0.1) is 30.2 Å². The fourth-order valence-corrected chi connectivity index (χ4v) is 7.32. The Morgan fingerprint density at radius 2 is 1.93 bits per heavy atom. The van der Waals surface area contributed by atoms with Crippen LogP contribution in [0, 0.1) is 17.8 Å². The van der Waals surface area contributed by atoms with Gasteiger partial charge in [0, 0.05) is 28.2 Å². The van der Waals surface area contributed by atoms with Crippen molar-refractivity contribution in [1.82, 2.24) is 9.88 Å². The molecular formula is C32H37BrN2O5. The highest BCUT2D eigenvalue weighted by molar-refractivity contribution is 9.10. The van der Waals surface area contributed by atoms with E-state index in [1.165, 1.54) is 4.90 Å². The molecule has 3 aliphatic rings. The van der Waals surface area contributed by atoms with E-state index in [2.05, 4.69) is 20.9 Å². The molecule has 2 fully saturated rings. The molecule has 4 atom stereocenters. The number of halogens is 1. The first-order valence-corrected chi connectivity index (χ1v) is 15.0. The normalized spacial score (nSPS) is 24.9. The average molecular weight is 610 g/mol. The highest BCUT2D eigenvalue weighted by atomic mass is 79.9. The van der Waals surface area contributed by atoms with Crippen molar-refractivity contribution in [2.45, 2.75) is 70.4 Å². The monoisotopic (exact) mass is 608 g/mol. The quantitative estimate of drug-likeness (QED) is 0.270. The number of carbonyl (C=O) groups excluding carboxylic acids is 2. The Hall–Kier alpha value is -2.81. The van der Waals surface area contributed by atoms with E-state index in [1.54, 1.807) is 18.3 Å². The number of benzene rings is 1. The van der Waals surface area contributed by atoms with E-state index < -0.39 is 23.9 Å². The van der Waals surface area contributed by atoms with Crippen LogP contribution in [0.15, 0.2) is 58.2 Å². The minimum Gasteiger partial charge on any atom is -0.507 e. The fourth-order valence-electron chi connectivity index (χ4n) is 6.94. The number of aromatic nitrogens is 1. The second-order valence-corrected chi connectivity index (χ2v) is 12.3. The summed E-state index contributed by atoms with van der Waals surface area (Å²) in [5.74, 6) is -1.83. The smallest absolute Gasteiger partial charge is 0.234 e. The first-order chi connectivity index (χ1) is 19.3. The molecule has 8 heteroatoms. The lowest BCUT2D eigenvalue weighted by atomic mass is 9.68. The van der Waals surface area contributed by atoms with Gasteiger partial charge in [-0.15, -0.1) is 0 Å². The molecule has 5 rings (SSSR count). The summed E-state index contributed by atoms with van der Waals surface area (Å²) in [7, 11) is 0. The number of amides is 2. The SMILES string of the molecule is CC1=C([C@H](O)CC/C(=C/c2cc(Br)ccc2O)c2ccccn2)[C@H](CO)[C@@H]2C(=O)N(C3CCCCC3)C(=O)[C@@H]2C1. The molecule has 3 N–H and O–H groups in total. The molecule has 0 unspecified atom stereocenters. The van der Waals surface area contributed by atoms with Gasteiger partial charge in [0.1, 0.15) is 5.75 Å². The van der Waals surface area contributed by atoms with Crippen molar-refractivity contribution in [3.8, 4) is 5.75 Å². The molecule has 1 aliphatic heterocycles. The molecule has 1 saturated heterocycles. The van der Waals surface area contributed by atoms with Gasteiger partial charge in [-0.25, -0.2) is 0 Å². The van der Waals surface area contributed by atoms with E-state index >= 15 is 0 Å². The van der Waals surface area contributed by atoms with Crippen molar-refractivity contribution < 1.29 is 24.9 Å². The van der Waals surface area contributed by atoms with Gasteiger partial charge in [0.15, 0.2) is 0 Å². The van der Waals surface area contributed by atoms with E-state index in [1.807, 2.05) is 37.3 Å². The van der Waals surface area contributed by atoms with Gasteiger partial charge >= 0.3 is 0 Å². The van der Waals surface area contributed by atoms with Gasteiger partial charge in [-0.3, -0.25) is 19.5 Å². The number of pyridine rings is 1. The van der Waals surface area contributed by atoms with Gasteiger partial charge in [-0.1, -0.05) is 46.8 Å². The first kappa shape index (κ1) is 28.7. The Morgan fingerprint density at radius 3 is 2.62 bits per heavy atom. The van der Waals surface area contributed by atoms with Crippen LogP contribution in [0.1, 0.15) is 69.5 Å². The largest absolute Gasteiger partial charge is 0.507 e. The lowest BCUT2D eigenvalue weighted by Crippen LogP contribution is -2.42. The van der Waals surface area contributed by atoms with Gasteiger partial charge in [-0.05, 0) is 86.6 Å². The van der Waals surface area contributed by atoms with Crippen LogP contribution in [0.4, 0.5) is 0 Å². The lowest BCUT2D eigenvalue weighted by molar-refractivity contribution is -0.143. The highest BCUT2D eigenvalue weighted by Gasteiger charge is 2.55. The molecular weight excluding hydrogens is 572 g/mol. The molecule has 1 aromatic carbocycles. The Kier molecular flexibility index (Phi) is 8.88. The van der Waals surface area contributed by atoms with Crippen LogP contribution in [0.2, 0.25) is 0 Å². The molecule has 212 valence electrons. The zero-order chi connectivity index (χ0) is 28.4. The number of hydrogen-bond donors (Lipinski definition) is 3. The van der Waals surface area contributed by atoms with Gasteiger partial charge in [0.25, 0.3) is 0 Å². The van der Waals surface area contributed by atoms with Gasteiger partial charge in [0.2, 0.25) is 11.8 Å². The van der Waals surface area contributed by atoms with Crippen molar-refractivity contribution in [3.63, 3.8) is 0 Å². The minimum atomic E-state index is -0.895. The van der Waals surface area contributed by atoms with Crippen LogP contribution in [0.3, 0.4) is 0 Å². The predicted octanol–water partition coefficient (Wildman–Crippen LogP) is 5.49. The number of imide groups is 1. The molecule has 0 spiro atoms. The van der Waals surface area contributed by atoms with Crippen LogP contribution >= 0.6 is 15.9 Å². The van der Waals surface area contributed by atoms with Gasteiger partial charge < -0.3 is 15.3 Å². The van der Waals surface area contributed by atoms with Crippen LogP contribution in [-0.4, -0.2) is 55.8 Å². The third-order valence-electron chi connectivity index (χ3n) is 8.86. The summed E-state index contributed by atoms with van der Waals surface area (Å²) in [5, 5.41) is 32.4. The van der Waals surface area contributed by atoms with E-state index in [0.29, 0.717) is 30.4 Å². The topological polar surface area (TPSA) is 111 Å². The molecule has 0 radical (unpaired) electrons. The molecule has 0 bridgehead atoms. The molecule has 2 aliphatic carbocycles. The molecule has 2 amide bonds.